The maximum absolute atomic E-state index is 6.27. The quantitative estimate of drug-likeness (QED) is 0.514. The highest BCUT2D eigenvalue weighted by Gasteiger charge is 2.16. The Morgan fingerprint density at radius 1 is 1.08 bits per heavy atom. The van der Waals surface area contributed by atoms with Crippen LogP contribution >= 0.6 is 35.0 Å². The van der Waals surface area contributed by atoms with Crippen molar-refractivity contribution in [3.63, 3.8) is 0 Å². The fourth-order valence-electron chi connectivity index (χ4n) is 2.28. The molecule has 1 heterocycles. The molecule has 0 amide bonds. The molecule has 0 saturated carbocycles. The number of aromatic nitrogens is 3. The zero-order valence-corrected chi connectivity index (χ0v) is 16.1. The Morgan fingerprint density at radius 2 is 1.80 bits per heavy atom. The van der Waals surface area contributed by atoms with Crippen molar-refractivity contribution in [3.05, 3.63) is 70.0 Å². The van der Waals surface area contributed by atoms with Crippen LogP contribution in [0.25, 0.3) is 0 Å². The van der Waals surface area contributed by atoms with E-state index in [-0.39, 0.29) is 5.25 Å². The van der Waals surface area contributed by atoms with Gasteiger partial charge in [0.15, 0.2) is 11.0 Å². The lowest BCUT2D eigenvalue weighted by atomic mass is 10.2. The van der Waals surface area contributed by atoms with Gasteiger partial charge in [0.1, 0.15) is 12.4 Å². The highest BCUT2D eigenvalue weighted by molar-refractivity contribution is 7.99. The Morgan fingerprint density at radius 3 is 2.52 bits per heavy atom. The van der Waals surface area contributed by atoms with Crippen LogP contribution in [0.1, 0.15) is 23.6 Å². The van der Waals surface area contributed by atoms with Crippen LogP contribution in [-0.4, -0.2) is 14.8 Å². The Bertz CT molecular complexity index is 852. The molecule has 0 aliphatic heterocycles. The zero-order chi connectivity index (χ0) is 17.8. The van der Waals surface area contributed by atoms with Gasteiger partial charge >= 0.3 is 0 Å². The van der Waals surface area contributed by atoms with Gasteiger partial charge < -0.3 is 9.30 Å². The Balaban J connectivity index is 1.66. The average molecular weight is 394 g/mol. The number of rotatable bonds is 6. The number of hydrogen-bond donors (Lipinski definition) is 0. The van der Waals surface area contributed by atoms with Gasteiger partial charge in [0.05, 0.1) is 0 Å². The van der Waals surface area contributed by atoms with E-state index in [2.05, 4.69) is 17.1 Å². The topological polar surface area (TPSA) is 39.9 Å². The number of nitrogens with zero attached hydrogens (tertiary/aromatic N) is 3. The maximum atomic E-state index is 6.27. The summed E-state index contributed by atoms with van der Waals surface area (Å²) in [6, 6.07) is 15.1. The van der Waals surface area contributed by atoms with Gasteiger partial charge in [0.25, 0.3) is 0 Å². The van der Waals surface area contributed by atoms with Crippen molar-refractivity contribution in [3.8, 4) is 5.75 Å². The summed E-state index contributed by atoms with van der Waals surface area (Å²) in [4.78, 5) is 0. The lowest BCUT2D eigenvalue weighted by Gasteiger charge is -2.12. The predicted molar refractivity (Wildman–Crippen MR) is 103 cm³/mol. The van der Waals surface area contributed by atoms with Crippen LogP contribution < -0.4 is 4.74 Å². The molecule has 3 aromatic rings. The van der Waals surface area contributed by atoms with Crippen molar-refractivity contribution < 1.29 is 4.74 Å². The Labute approximate surface area is 161 Å². The molecule has 0 fully saturated rings. The van der Waals surface area contributed by atoms with Gasteiger partial charge in [0, 0.05) is 22.3 Å². The van der Waals surface area contributed by atoms with E-state index < -0.39 is 0 Å². The smallest absolute Gasteiger partial charge is 0.191 e. The van der Waals surface area contributed by atoms with E-state index in [1.807, 2.05) is 48.0 Å². The first-order valence-corrected chi connectivity index (χ1v) is 9.36. The van der Waals surface area contributed by atoms with Crippen LogP contribution in [-0.2, 0) is 13.7 Å². The van der Waals surface area contributed by atoms with Crippen LogP contribution in [0.4, 0.5) is 0 Å². The number of halogens is 2. The van der Waals surface area contributed by atoms with Crippen molar-refractivity contribution in [1.29, 1.82) is 0 Å². The van der Waals surface area contributed by atoms with Crippen LogP contribution in [0.3, 0.4) is 0 Å². The molecule has 2 aromatic carbocycles. The minimum absolute atomic E-state index is 0.168. The zero-order valence-electron chi connectivity index (χ0n) is 13.8. The van der Waals surface area contributed by atoms with Crippen molar-refractivity contribution in [2.45, 2.75) is 23.9 Å². The van der Waals surface area contributed by atoms with Gasteiger partial charge in [-0.1, -0.05) is 53.2 Å². The van der Waals surface area contributed by atoms with Gasteiger partial charge in [-0.3, -0.25) is 0 Å². The molecular weight excluding hydrogens is 377 g/mol. The lowest BCUT2D eigenvalue weighted by Crippen LogP contribution is -2.04. The van der Waals surface area contributed by atoms with Gasteiger partial charge in [0.2, 0.25) is 0 Å². The first-order chi connectivity index (χ1) is 12.0. The molecule has 0 saturated heterocycles. The lowest BCUT2D eigenvalue weighted by molar-refractivity contribution is 0.290. The second-order valence-corrected chi connectivity index (χ2v) is 7.63. The molecule has 0 bridgehead atoms. The van der Waals surface area contributed by atoms with E-state index in [1.165, 1.54) is 0 Å². The fourth-order valence-corrected chi connectivity index (χ4v) is 3.77. The van der Waals surface area contributed by atoms with E-state index in [9.17, 15) is 0 Å². The summed E-state index contributed by atoms with van der Waals surface area (Å²) in [6.45, 7) is 2.44. The van der Waals surface area contributed by atoms with Gasteiger partial charge in [-0.25, -0.2) is 0 Å². The molecule has 130 valence electrons. The second-order valence-electron chi connectivity index (χ2n) is 5.48. The number of benzene rings is 2. The molecule has 0 unspecified atom stereocenters. The Hall–Kier alpha value is -1.69. The van der Waals surface area contributed by atoms with E-state index in [0.29, 0.717) is 11.6 Å². The number of thioether (sulfide) groups is 1. The molecule has 25 heavy (non-hydrogen) atoms. The van der Waals surface area contributed by atoms with Crippen molar-refractivity contribution in [2.75, 3.05) is 0 Å². The van der Waals surface area contributed by atoms with Crippen molar-refractivity contribution in [1.82, 2.24) is 14.8 Å². The molecular formula is C18H17Cl2N3OS. The summed E-state index contributed by atoms with van der Waals surface area (Å²) < 4.78 is 7.68. The highest BCUT2D eigenvalue weighted by atomic mass is 35.5. The van der Waals surface area contributed by atoms with Gasteiger partial charge in [-0.05, 0) is 42.8 Å². The SMILES string of the molecule is C[C@H](Sc1nnc(COc2ccc(Cl)cc2)n1C)c1ccccc1Cl. The summed E-state index contributed by atoms with van der Waals surface area (Å²) in [6.07, 6.45) is 0. The fraction of sp³-hybridized carbons (Fsp3) is 0.222. The minimum atomic E-state index is 0.168. The Kier molecular flexibility index (Phi) is 5.89. The van der Waals surface area contributed by atoms with Gasteiger partial charge in [-0.2, -0.15) is 0 Å². The molecule has 0 N–H and O–H groups in total. The monoisotopic (exact) mass is 393 g/mol. The average Bonchev–Trinajstić information content (AvgIpc) is 2.95. The van der Waals surface area contributed by atoms with E-state index in [1.54, 1.807) is 23.9 Å². The summed E-state index contributed by atoms with van der Waals surface area (Å²) in [5.41, 5.74) is 1.08. The van der Waals surface area contributed by atoms with Crippen LogP contribution in [0, 0.1) is 0 Å². The third-order valence-corrected chi connectivity index (χ3v) is 5.50. The van der Waals surface area contributed by atoms with E-state index >= 15 is 0 Å². The summed E-state index contributed by atoms with van der Waals surface area (Å²) in [7, 11) is 1.93. The molecule has 0 spiro atoms. The third-order valence-electron chi connectivity index (χ3n) is 3.73. The number of ether oxygens (including phenoxy) is 1. The highest BCUT2D eigenvalue weighted by Crippen LogP contribution is 2.36. The first-order valence-electron chi connectivity index (χ1n) is 7.72. The molecule has 1 atom stereocenters. The van der Waals surface area contributed by atoms with Crippen molar-refractivity contribution >= 4 is 35.0 Å². The molecule has 0 radical (unpaired) electrons. The van der Waals surface area contributed by atoms with Gasteiger partial charge in [-0.15, -0.1) is 10.2 Å². The summed E-state index contributed by atoms with van der Waals surface area (Å²) >= 11 is 13.8. The molecule has 4 nitrogen and oxygen atoms in total. The maximum Gasteiger partial charge on any atom is 0.191 e. The standard InChI is InChI=1S/C18H17Cl2N3OS/c1-12(15-5-3-4-6-16(15)20)25-18-22-21-17(23(18)2)11-24-14-9-7-13(19)8-10-14/h3-10,12H,11H2,1-2H3/t12-/m0/s1. The second kappa shape index (κ2) is 8.13. The largest absolute Gasteiger partial charge is 0.486 e. The molecule has 7 heteroatoms. The van der Waals surface area contributed by atoms with Crippen LogP contribution in [0.15, 0.2) is 53.7 Å². The summed E-state index contributed by atoms with van der Waals surface area (Å²) in [5, 5.41) is 10.9. The third kappa shape index (κ3) is 4.48. The van der Waals surface area contributed by atoms with Crippen molar-refractivity contribution in [2.24, 2.45) is 7.05 Å². The van der Waals surface area contributed by atoms with Crippen LogP contribution in [0.2, 0.25) is 10.0 Å². The molecule has 1 aromatic heterocycles. The van der Waals surface area contributed by atoms with Crippen LogP contribution in [0.5, 0.6) is 5.75 Å². The van der Waals surface area contributed by atoms with E-state index in [0.717, 1.165) is 27.3 Å². The number of hydrogen-bond acceptors (Lipinski definition) is 4. The van der Waals surface area contributed by atoms with E-state index in [4.69, 9.17) is 27.9 Å². The summed E-state index contributed by atoms with van der Waals surface area (Å²) in [5.74, 6) is 1.50. The first kappa shape index (κ1) is 18.1. The molecule has 0 aliphatic carbocycles. The predicted octanol–water partition coefficient (Wildman–Crippen LogP) is 5.55. The normalized spacial score (nSPS) is 12.2. The molecule has 3 rings (SSSR count). The molecule has 0 aliphatic rings. The minimum Gasteiger partial charge on any atom is -0.486 e.